The lowest BCUT2D eigenvalue weighted by Crippen LogP contribution is -2.45. The van der Waals surface area contributed by atoms with Crippen LogP contribution in [0.5, 0.6) is 0 Å². The molecule has 30 heavy (non-hydrogen) atoms. The van der Waals surface area contributed by atoms with Crippen LogP contribution in [0.1, 0.15) is 41.2 Å². The zero-order valence-corrected chi connectivity index (χ0v) is 17.8. The van der Waals surface area contributed by atoms with Crippen LogP contribution in [0.15, 0.2) is 83.8 Å². The molecule has 0 N–H and O–H groups in total. The van der Waals surface area contributed by atoms with E-state index < -0.39 is 15.6 Å². The highest BCUT2D eigenvalue weighted by Crippen LogP contribution is 2.51. The van der Waals surface area contributed by atoms with Crippen LogP contribution in [0.25, 0.3) is 0 Å². The lowest BCUT2D eigenvalue weighted by Gasteiger charge is -2.39. The molecule has 0 amide bonds. The van der Waals surface area contributed by atoms with Crippen LogP contribution < -0.4 is 0 Å². The van der Waals surface area contributed by atoms with Crippen LogP contribution >= 0.6 is 0 Å². The van der Waals surface area contributed by atoms with E-state index in [1.165, 1.54) is 16.7 Å². The van der Waals surface area contributed by atoms with Gasteiger partial charge in [0.25, 0.3) is 0 Å². The summed E-state index contributed by atoms with van der Waals surface area (Å²) in [6.45, 7) is 2.98. The van der Waals surface area contributed by atoms with Crippen molar-refractivity contribution in [1.29, 1.82) is 0 Å². The van der Waals surface area contributed by atoms with E-state index in [9.17, 15) is 8.42 Å². The van der Waals surface area contributed by atoms with Crippen LogP contribution in [0, 0.1) is 6.92 Å². The molecule has 1 spiro atoms. The quantitative estimate of drug-likeness (QED) is 0.613. The van der Waals surface area contributed by atoms with Gasteiger partial charge < -0.3 is 4.74 Å². The van der Waals surface area contributed by atoms with Gasteiger partial charge in [0.05, 0.1) is 10.5 Å². The van der Waals surface area contributed by atoms with Crippen molar-refractivity contribution >= 4 is 10.0 Å². The first-order valence-electron chi connectivity index (χ1n) is 10.4. The molecule has 3 aromatic carbocycles. The Bertz CT molecular complexity index is 1150. The smallest absolute Gasteiger partial charge is 0.243 e. The van der Waals surface area contributed by atoms with E-state index in [1.807, 2.05) is 6.07 Å². The molecule has 5 heteroatoms. The average molecular weight is 420 g/mol. The summed E-state index contributed by atoms with van der Waals surface area (Å²) in [6, 6.07) is 25.6. The van der Waals surface area contributed by atoms with E-state index in [0.29, 0.717) is 30.8 Å². The van der Waals surface area contributed by atoms with Crippen LogP contribution in [0.2, 0.25) is 0 Å². The molecule has 2 heterocycles. The van der Waals surface area contributed by atoms with Gasteiger partial charge in [-0.1, -0.05) is 72.3 Å². The third-order valence-electron chi connectivity index (χ3n) is 6.37. The predicted molar refractivity (Wildman–Crippen MR) is 117 cm³/mol. The summed E-state index contributed by atoms with van der Waals surface area (Å²) in [6.07, 6.45) is 1.19. The van der Waals surface area contributed by atoms with E-state index >= 15 is 0 Å². The number of aryl methyl sites for hydroxylation is 1. The minimum atomic E-state index is -3.48. The lowest BCUT2D eigenvalue weighted by molar-refractivity contribution is -0.0884. The highest BCUT2D eigenvalue weighted by atomic mass is 32.2. The van der Waals surface area contributed by atoms with Crippen LogP contribution in [0.4, 0.5) is 0 Å². The normalized spacial score (nSPS) is 20.9. The summed E-state index contributed by atoms with van der Waals surface area (Å²) in [5.74, 6) is 0. The van der Waals surface area contributed by atoms with Crippen LogP contribution in [-0.4, -0.2) is 25.8 Å². The van der Waals surface area contributed by atoms with Gasteiger partial charge in [-0.15, -0.1) is 0 Å². The maximum Gasteiger partial charge on any atom is 0.243 e. The predicted octanol–water partition coefficient (Wildman–Crippen LogP) is 4.79. The molecule has 2 aliphatic heterocycles. The van der Waals surface area contributed by atoms with Crippen molar-refractivity contribution in [1.82, 2.24) is 4.31 Å². The first kappa shape index (κ1) is 19.5. The number of benzene rings is 3. The number of fused-ring (bicyclic) bond motifs is 2. The molecule has 4 nitrogen and oxygen atoms in total. The summed E-state index contributed by atoms with van der Waals surface area (Å²) in [4.78, 5) is 0.353. The number of rotatable bonds is 3. The van der Waals surface area contributed by atoms with Gasteiger partial charge >= 0.3 is 0 Å². The molecule has 1 saturated heterocycles. The van der Waals surface area contributed by atoms with Gasteiger partial charge in [-0.05, 0) is 48.6 Å². The molecule has 0 radical (unpaired) electrons. The van der Waals surface area contributed by atoms with Crippen molar-refractivity contribution in [2.45, 2.75) is 36.4 Å². The molecule has 3 aromatic rings. The minimum Gasteiger partial charge on any atom is -0.358 e. The molecule has 1 atom stereocenters. The van der Waals surface area contributed by atoms with Crippen molar-refractivity contribution in [2.75, 3.05) is 13.1 Å². The molecule has 154 valence electrons. The Kier molecular flexibility index (Phi) is 4.77. The van der Waals surface area contributed by atoms with E-state index in [4.69, 9.17) is 4.74 Å². The van der Waals surface area contributed by atoms with Gasteiger partial charge in [0.15, 0.2) is 0 Å². The highest BCUT2D eigenvalue weighted by molar-refractivity contribution is 7.89. The number of sulfonamides is 1. The fourth-order valence-corrected chi connectivity index (χ4v) is 6.16. The monoisotopic (exact) mass is 419 g/mol. The van der Waals surface area contributed by atoms with Crippen molar-refractivity contribution in [3.8, 4) is 0 Å². The van der Waals surface area contributed by atoms with Crippen LogP contribution in [-0.2, 0) is 20.4 Å². The average Bonchev–Trinajstić information content (AvgIpc) is 3.09. The van der Waals surface area contributed by atoms with E-state index in [1.54, 1.807) is 28.6 Å². The summed E-state index contributed by atoms with van der Waals surface area (Å²) >= 11 is 0. The standard InChI is InChI=1S/C25H25NO3S/c1-19-11-13-20(14-12-19)24-22-9-5-6-10-23(22)25(29-24)15-17-26(18-16-25)30(27,28)21-7-3-2-4-8-21/h2-14,24H,15-18H2,1H3. The second kappa shape index (κ2) is 7.34. The van der Waals surface area contributed by atoms with Gasteiger partial charge in [-0.3, -0.25) is 0 Å². The second-order valence-electron chi connectivity index (χ2n) is 8.21. The maximum absolute atomic E-state index is 13.0. The fourth-order valence-electron chi connectivity index (χ4n) is 4.70. The molecule has 0 bridgehead atoms. The van der Waals surface area contributed by atoms with E-state index in [0.717, 1.165) is 5.56 Å². The zero-order chi connectivity index (χ0) is 20.8. The number of ether oxygens (including phenoxy) is 1. The molecule has 0 aromatic heterocycles. The van der Waals surface area contributed by atoms with Crippen molar-refractivity contribution < 1.29 is 13.2 Å². The molecule has 1 fully saturated rings. The van der Waals surface area contributed by atoms with Gasteiger partial charge in [0, 0.05) is 13.1 Å². The van der Waals surface area contributed by atoms with Crippen molar-refractivity contribution in [3.05, 3.63) is 101 Å². The van der Waals surface area contributed by atoms with Gasteiger partial charge in [-0.25, -0.2) is 8.42 Å². The first-order chi connectivity index (χ1) is 14.5. The maximum atomic E-state index is 13.0. The van der Waals surface area contributed by atoms with E-state index in [2.05, 4.69) is 55.5 Å². The van der Waals surface area contributed by atoms with Gasteiger partial charge in [0.1, 0.15) is 6.10 Å². The number of piperidine rings is 1. The van der Waals surface area contributed by atoms with Crippen molar-refractivity contribution in [3.63, 3.8) is 0 Å². The first-order valence-corrected chi connectivity index (χ1v) is 11.8. The molecule has 0 aliphatic carbocycles. The van der Waals surface area contributed by atoms with E-state index in [-0.39, 0.29) is 6.10 Å². The fraction of sp³-hybridized carbons (Fsp3) is 0.280. The Labute approximate surface area is 178 Å². The minimum absolute atomic E-state index is 0.112. The number of hydrogen-bond donors (Lipinski definition) is 0. The molecule has 2 aliphatic rings. The Morgan fingerprint density at radius 2 is 1.50 bits per heavy atom. The highest BCUT2D eigenvalue weighted by Gasteiger charge is 2.48. The third kappa shape index (κ3) is 3.18. The van der Waals surface area contributed by atoms with Crippen molar-refractivity contribution in [2.24, 2.45) is 0 Å². The number of nitrogens with zero attached hydrogens (tertiary/aromatic N) is 1. The Hall–Kier alpha value is -2.47. The zero-order valence-electron chi connectivity index (χ0n) is 17.0. The summed E-state index contributed by atoms with van der Waals surface area (Å²) in [7, 11) is -3.48. The molecular formula is C25H25NO3S. The summed E-state index contributed by atoms with van der Waals surface area (Å²) < 4.78 is 34.4. The topological polar surface area (TPSA) is 46.6 Å². The number of hydrogen-bond acceptors (Lipinski definition) is 3. The van der Waals surface area contributed by atoms with Crippen LogP contribution in [0.3, 0.4) is 0 Å². The lowest BCUT2D eigenvalue weighted by atomic mass is 9.84. The Morgan fingerprint density at radius 3 is 2.20 bits per heavy atom. The molecule has 0 saturated carbocycles. The SMILES string of the molecule is Cc1ccc(C2OC3(CCN(S(=O)(=O)c4ccccc4)CC3)c3ccccc32)cc1. The van der Waals surface area contributed by atoms with Gasteiger partial charge in [-0.2, -0.15) is 4.31 Å². The van der Waals surface area contributed by atoms with Gasteiger partial charge in [0.2, 0.25) is 10.0 Å². The molecular weight excluding hydrogens is 394 g/mol. The Balaban J connectivity index is 1.43. The summed E-state index contributed by atoms with van der Waals surface area (Å²) in [5, 5.41) is 0. The second-order valence-corrected chi connectivity index (χ2v) is 10.1. The summed E-state index contributed by atoms with van der Waals surface area (Å²) in [5.41, 5.74) is 4.32. The Morgan fingerprint density at radius 1 is 0.867 bits per heavy atom. The molecule has 1 unspecified atom stereocenters. The molecule has 5 rings (SSSR count). The largest absolute Gasteiger partial charge is 0.358 e. The third-order valence-corrected chi connectivity index (χ3v) is 8.28.